The van der Waals surface area contributed by atoms with Crippen molar-refractivity contribution in [3.05, 3.63) is 53.9 Å². The highest BCUT2D eigenvalue weighted by molar-refractivity contribution is 7.93. The molecule has 2 heterocycles. The number of benzene rings is 1. The van der Waals surface area contributed by atoms with Gasteiger partial charge in [-0.2, -0.15) is 0 Å². The van der Waals surface area contributed by atoms with Crippen LogP contribution in [0.5, 0.6) is 0 Å². The van der Waals surface area contributed by atoms with E-state index in [1.165, 1.54) is 6.20 Å². The predicted octanol–water partition coefficient (Wildman–Crippen LogP) is 2.95. The van der Waals surface area contributed by atoms with Gasteiger partial charge in [0.15, 0.2) is 0 Å². The SMILES string of the molecule is Cc1cnc2[nH]cc(S(=O)(=O)Nc3ccc(F)cc3F)c2c1. The topological polar surface area (TPSA) is 74.8 Å². The van der Waals surface area contributed by atoms with Gasteiger partial charge in [0.1, 0.15) is 22.2 Å². The first kappa shape index (κ1) is 14.5. The van der Waals surface area contributed by atoms with E-state index in [-0.39, 0.29) is 10.6 Å². The van der Waals surface area contributed by atoms with Crippen molar-refractivity contribution in [2.75, 3.05) is 4.72 Å². The number of nitrogens with one attached hydrogen (secondary N) is 2. The van der Waals surface area contributed by atoms with E-state index in [2.05, 4.69) is 14.7 Å². The largest absolute Gasteiger partial charge is 0.345 e. The number of aromatic amines is 1. The number of anilines is 1. The van der Waals surface area contributed by atoms with Crippen LogP contribution in [0.25, 0.3) is 11.0 Å². The molecule has 0 aliphatic heterocycles. The number of sulfonamides is 1. The van der Waals surface area contributed by atoms with E-state index in [1.807, 2.05) is 0 Å². The van der Waals surface area contributed by atoms with Gasteiger partial charge in [-0.25, -0.2) is 22.2 Å². The average Bonchev–Trinajstić information content (AvgIpc) is 2.85. The number of nitrogens with zero attached hydrogens (tertiary/aromatic N) is 1. The number of aryl methyl sites for hydroxylation is 1. The number of fused-ring (bicyclic) bond motifs is 1. The van der Waals surface area contributed by atoms with Crippen molar-refractivity contribution in [1.82, 2.24) is 9.97 Å². The van der Waals surface area contributed by atoms with Crippen LogP contribution in [0.3, 0.4) is 0 Å². The molecule has 22 heavy (non-hydrogen) atoms. The molecule has 2 aromatic heterocycles. The molecule has 0 unspecified atom stereocenters. The molecule has 0 amide bonds. The molecule has 0 fully saturated rings. The van der Waals surface area contributed by atoms with Crippen LogP contribution in [0.1, 0.15) is 5.56 Å². The second-order valence-electron chi connectivity index (χ2n) is 4.79. The van der Waals surface area contributed by atoms with E-state index < -0.39 is 21.7 Å². The van der Waals surface area contributed by atoms with Gasteiger partial charge < -0.3 is 4.98 Å². The maximum Gasteiger partial charge on any atom is 0.264 e. The molecule has 0 saturated carbocycles. The van der Waals surface area contributed by atoms with Crippen molar-refractivity contribution in [1.29, 1.82) is 0 Å². The first-order chi connectivity index (χ1) is 10.4. The van der Waals surface area contributed by atoms with Crippen LogP contribution in [0.2, 0.25) is 0 Å². The molecule has 0 aliphatic rings. The zero-order valence-electron chi connectivity index (χ0n) is 11.4. The van der Waals surface area contributed by atoms with Gasteiger partial charge in [-0.3, -0.25) is 4.72 Å². The molecule has 1 aromatic carbocycles. The first-order valence-electron chi connectivity index (χ1n) is 6.28. The standard InChI is InChI=1S/C14H11F2N3O2S/c1-8-4-10-13(7-18-14(10)17-6-8)22(20,21)19-12-3-2-9(15)5-11(12)16/h2-7,19H,1H3,(H,17,18). The number of H-pyrrole nitrogens is 1. The summed E-state index contributed by atoms with van der Waals surface area (Å²) in [6, 6.07) is 4.27. The number of hydrogen-bond donors (Lipinski definition) is 2. The minimum Gasteiger partial charge on any atom is -0.345 e. The molecule has 0 spiro atoms. The fourth-order valence-electron chi connectivity index (χ4n) is 2.08. The van der Waals surface area contributed by atoms with Crippen LogP contribution in [0.15, 0.2) is 41.6 Å². The molecule has 0 radical (unpaired) electrons. The fourth-order valence-corrected chi connectivity index (χ4v) is 3.30. The lowest BCUT2D eigenvalue weighted by atomic mass is 10.2. The highest BCUT2D eigenvalue weighted by Gasteiger charge is 2.21. The van der Waals surface area contributed by atoms with Gasteiger partial charge in [0.2, 0.25) is 0 Å². The Kier molecular flexibility index (Phi) is 3.32. The third kappa shape index (κ3) is 2.52. The van der Waals surface area contributed by atoms with Crippen LogP contribution < -0.4 is 4.72 Å². The van der Waals surface area contributed by atoms with E-state index >= 15 is 0 Å². The minimum absolute atomic E-state index is 0.0533. The lowest BCUT2D eigenvalue weighted by Crippen LogP contribution is -2.13. The van der Waals surface area contributed by atoms with Gasteiger partial charge in [0.05, 0.1) is 5.69 Å². The highest BCUT2D eigenvalue weighted by Crippen LogP contribution is 2.25. The van der Waals surface area contributed by atoms with Gasteiger partial charge in [0.25, 0.3) is 10.0 Å². The molecular weight excluding hydrogens is 312 g/mol. The van der Waals surface area contributed by atoms with Gasteiger partial charge >= 0.3 is 0 Å². The van der Waals surface area contributed by atoms with Crippen molar-refractivity contribution in [2.45, 2.75) is 11.8 Å². The lowest BCUT2D eigenvalue weighted by Gasteiger charge is -2.08. The van der Waals surface area contributed by atoms with Crippen LogP contribution in [-0.4, -0.2) is 18.4 Å². The number of pyridine rings is 1. The van der Waals surface area contributed by atoms with Crippen LogP contribution in [0.4, 0.5) is 14.5 Å². The fraction of sp³-hybridized carbons (Fsp3) is 0.0714. The normalized spacial score (nSPS) is 11.8. The second-order valence-corrected chi connectivity index (χ2v) is 6.44. The summed E-state index contributed by atoms with van der Waals surface area (Å²) in [4.78, 5) is 6.77. The van der Waals surface area contributed by atoms with Crippen LogP contribution in [0, 0.1) is 18.6 Å². The summed E-state index contributed by atoms with van der Waals surface area (Å²) in [5.74, 6) is -1.77. The average molecular weight is 323 g/mol. The number of hydrogen-bond acceptors (Lipinski definition) is 3. The molecule has 2 N–H and O–H groups in total. The summed E-state index contributed by atoms with van der Waals surface area (Å²) in [7, 11) is -4.03. The van der Waals surface area contributed by atoms with Gasteiger partial charge in [-0.1, -0.05) is 0 Å². The van der Waals surface area contributed by atoms with E-state index in [4.69, 9.17) is 0 Å². The molecular formula is C14H11F2N3O2S. The summed E-state index contributed by atoms with van der Waals surface area (Å²) < 4.78 is 53.4. The Morgan fingerprint density at radius 1 is 1.23 bits per heavy atom. The molecule has 0 aliphatic carbocycles. The van der Waals surface area contributed by atoms with E-state index in [0.717, 1.165) is 17.7 Å². The summed E-state index contributed by atoms with van der Waals surface area (Å²) in [5.41, 5.74) is 0.874. The Hall–Kier alpha value is -2.48. The van der Waals surface area contributed by atoms with E-state index in [9.17, 15) is 17.2 Å². The number of halogens is 2. The van der Waals surface area contributed by atoms with Gasteiger partial charge in [-0.05, 0) is 30.7 Å². The first-order valence-corrected chi connectivity index (χ1v) is 7.77. The summed E-state index contributed by atoms with van der Waals surface area (Å²) >= 11 is 0. The Balaban J connectivity index is 2.06. The Bertz CT molecular complexity index is 967. The quantitative estimate of drug-likeness (QED) is 0.778. The highest BCUT2D eigenvalue weighted by atomic mass is 32.2. The third-order valence-corrected chi connectivity index (χ3v) is 4.50. The summed E-state index contributed by atoms with van der Waals surface area (Å²) in [6.45, 7) is 1.78. The Labute approximate surface area is 125 Å². The van der Waals surface area contributed by atoms with Crippen molar-refractivity contribution in [3.63, 3.8) is 0 Å². The minimum atomic E-state index is -4.03. The van der Waals surface area contributed by atoms with E-state index in [1.54, 1.807) is 19.2 Å². The summed E-state index contributed by atoms with van der Waals surface area (Å²) in [5, 5.41) is 0.398. The molecule has 3 rings (SSSR count). The summed E-state index contributed by atoms with van der Waals surface area (Å²) in [6.07, 6.45) is 2.88. The zero-order chi connectivity index (χ0) is 15.9. The molecule has 3 aromatic rings. The van der Waals surface area contributed by atoms with Crippen LogP contribution in [-0.2, 0) is 10.0 Å². The van der Waals surface area contributed by atoms with Gasteiger partial charge in [-0.15, -0.1) is 0 Å². The second kappa shape index (κ2) is 5.06. The van der Waals surface area contributed by atoms with Crippen molar-refractivity contribution in [3.8, 4) is 0 Å². The zero-order valence-corrected chi connectivity index (χ0v) is 12.2. The maximum absolute atomic E-state index is 13.6. The Morgan fingerprint density at radius 2 is 2.00 bits per heavy atom. The number of aromatic nitrogens is 2. The predicted molar refractivity (Wildman–Crippen MR) is 78.0 cm³/mol. The van der Waals surface area contributed by atoms with Crippen molar-refractivity contribution < 1.29 is 17.2 Å². The van der Waals surface area contributed by atoms with Crippen molar-refractivity contribution >= 4 is 26.7 Å². The maximum atomic E-state index is 13.6. The monoisotopic (exact) mass is 323 g/mol. The van der Waals surface area contributed by atoms with E-state index in [0.29, 0.717) is 17.1 Å². The molecule has 0 atom stereocenters. The number of rotatable bonds is 3. The third-order valence-electron chi connectivity index (χ3n) is 3.09. The molecule has 0 bridgehead atoms. The molecule has 114 valence electrons. The lowest BCUT2D eigenvalue weighted by molar-refractivity contribution is 0.583. The Morgan fingerprint density at radius 3 is 2.73 bits per heavy atom. The molecule has 0 saturated heterocycles. The van der Waals surface area contributed by atoms with Crippen molar-refractivity contribution in [2.24, 2.45) is 0 Å². The molecule has 8 heteroatoms. The van der Waals surface area contributed by atoms with Crippen LogP contribution >= 0.6 is 0 Å². The molecule has 5 nitrogen and oxygen atoms in total. The van der Waals surface area contributed by atoms with Gasteiger partial charge in [0, 0.05) is 23.8 Å². The smallest absolute Gasteiger partial charge is 0.264 e.